The van der Waals surface area contributed by atoms with E-state index in [1.54, 1.807) is 21.3 Å². The largest absolute Gasteiger partial charge is 0.497 e. The maximum Gasteiger partial charge on any atom is 0.174 e. The Balaban J connectivity index is 0.00000242. The Morgan fingerprint density at radius 2 is 1.45 bits per heavy atom. The van der Waals surface area contributed by atoms with Gasteiger partial charge >= 0.3 is 0 Å². The van der Waals surface area contributed by atoms with Crippen molar-refractivity contribution in [3.8, 4) is 17.2 Å². The maximum absolute atomic E-state index is 5.33. The Labute approximate surface area is 182 Å². The number of methoxy groups -OCH3 is 3. The van der Waals surface area contributed by atoms with Crippen molar-refractivity contribution < 1.29 is 14.2 Å². The average Bonchev–Trinajstić information content (AvgIpc) is 2.52. The van der Waals surface area contributed by atoms with Crippen LogP contribution in [-0.4, -0.2) is 72.7 Å². The summed E-state index contributed by atoms with van der Waals surface area (Å²) in [6.45, 7) is 0. The minimum absolute atomic E-state index is 0. The van der Waals surface area contributed by atoms with Crippen LogP contribution in [0, 0.1) is 0 Å². The molecule has 0 aromatic heterocycles. The molecule has 0 bridgehead atoms. The Hall–Kier alpha value is -0.304. The molecule has 2 aromatic rings. The molecule has 0 N–H and O–H groups in total. The standard InChI is InChI=1S/C17H17BrO3.K/c1-19-14-8-6-12(7-9-14)4-5-13-10-15(18)17(21-3)16(11-13)20-2;/h4-11H,1-3H3;/b5-4-;. The Morgan fingerprint density at radius 1 is 0.818 bits per heavy atom. The van der Waals surface area contributed by atoms with E-state index in [2.05, 4.69) is 15.9 Å². The summed E-state index contributed by atoms with van der Waals surface area (Å²) < 4.78 is 16.6. The van der Waals surface area contributed by atoms with Crippen LogP contribution in [0.25, 0.3) is 12.2 Å². The predicted octanol–water partition coefficient (Wildman–Crippen LogP) is 4.26. The number of ether oxygens (including phenoxy) is 3. The zero-order valence-corrected chi connectivity index (χ0v) is 17.9. The number of rotatable bonds is 5. The minimum atomic E-state index is 0. The molecule has 0 aliphatic heterocycles. The fourth-order valence-electron chi connectivity index (χ4n) is 1.94. The molecule has 0 aliphatic rings. The molecule has 5 heteroatoms. The van der Waals surface area contributed by atoms with Crippen molar-refractivity contribution in [3.05, 3.63) is 52.0 Å². The van der Waals surface area contributed by atoms with E-state index in [0.717, 1.165) is 21.3 Å². The van der Waals surface area contributed by atoms with Crippen molar-refractivity contribution in [2.75, 3.05) is 21.3 Å². The topological polar surface area (TPSA) is 27.7 Å². The molecule has 0 fully saturated rings. The number of hydrogen-bond acceptors (Lipinski definition) is 3. The Bertz CT molecular complexity index is 639. The van der Waals surface area contributed by atoms with Gasteiger partial charge in [0.25, 0.3) is 0 Å². The summed E-state index contributed by atoms with van der Waals surface area (Å²) in [7, 11) is 4.91. The van der Waals surface area contributed by atoms with Gasteiger partial charge in [-0.15, -0.1) is 0 Å². The zero-order chi connectivity index (χ0) is 15.2. The maximum atomic E-state index is 5.33. The fraction of sp³-hybridized carbons (Fsp3) is 0.176. The van der Waals surface area contributed by atoms with E-state index in [9.17, 15) is 0 Å². The van der Waals surface area contributed by atoms with E-state index in [1.807, 2.05) is 48.6 Å². The summed E-state index contributed by atoms with van der Waals surface area (Å²) >= 11 is 3.49. The summed E-state index contributed by atoms with van der Waals surface area (Å²) in [6.07, 6.45) is 4.06. The second-order valence-corrected chi connectivity index (χ2v) is 5.20. The first-order chi connectivity index (χ1) is 10.2. The van der Waals surface area contributed by atoms with E-state index < -0.39 is 0 Å². The molecule has 0 atom stereocenters. The second kappa shape index (κ2) is 9.75. The third-order valence-electron chi connectivity index (χ3n) is 3.04. The van der Waals surface area contributed by atoms with Crippen LogP contribution in [0.1, 0.15) is 11.1 Å². The molecule has 2 rings (SSSR count). The van der Waals surface area contributed by atoms with Gasteiger partial charge in [-0.1, -0.05) is 24.3 Å². The van der Waals surface area contributed by atoms with Gasteiger partial charge in [0.15, 0.2) is 11.5 Å². The van der Waals surface area contributed by atoms with Gasteiger partial charge in [-0.25, -0.2) is 0 Å². The summed E-state index contributed by atoms with van der Waals surface area (Å²) in [6, 6.07) is 11.8. The first kappa shape index (κ1) is 19.7. The smallest absolute Gasteiger partial charge is 0.174 e. The summed E-state index contributed by atoms with van der Waals surface area (Å²) in [4.78, 5) is 0. The van der Waals surface area contributed by atoms with E-state index >= 15 is 0 Å². The molecule has 0 saturated carbocycles. The summed E-state index contributed by atoms with van der Waals surface area (Å²) in [5, 5.41) is 0. The molecule has 2 aromatic carbocycles. The minimum Gasteiger partial charge on any atom is -0.497 e. The predicted molar refractivity (Wildman–Crippen MR) is 94.9 cm³/mol. The molecular formula is C17H17BrKO3. The zero-order valence-electron chi connectivity index (χ0n) is 13.2. The monoisotopic (exact) mass is 387 g/mol. The number of hydrogen-bond donors (Lipinski definition) is 0. The van der Waals surface area contributed by atoms with Crippen LogP contribution in [0.2, 0.25) is 0 Å². The third kappa shape index (κ3) is 5.11. The number of halogens is 1. The Morgan fingerprint density at radius 3 is 2.00 bits per heavy atom. The van der Waals surface area contributed by atoms with Crippen LogP contribution >= 0.6 is 15.9 Å². The van der Waals surface area contributed by atoms with Gasteiger partial charge in [0.1, 0.15) is 5.75 Å². The molecule has 22 heavy (non-hydrogen) atoms. The van der Waals surface area contributed by atoms with Crippen LogP contribution in [0.3, 0.4) is 0 Å². The van der Waals surface area contributed by atoms with Gasteiger partial charge in [-0.3, -0.25) is 0 Å². The van der Waals surface area contributed by atoms with E-state index in [1.165, 1.54) is 0 Å². The second-order valence-electron chi connectivity index (χ2n) is 4.34. The van der Waals surface area contributed by atoms with Gasteiger partial charge in [0, 0.05) is 51.4 Å². The average molecular weight is 388 g/mol. The quantitative estimate of drug-likeness (QED) is 0.566. The van der Waals surface area contributed by atoms with E-state index in [-0.39, 0.29) is 51.4 Å². The molecule has 0 spiro atoms. The van der Waals surface area contributed by atoms with Crippen LogP contribution in [0.4, 0.5) is 0 Å². The van der Waals surface area contributed by atoms with Gasteiger partial charge in [-0.05, 0) is 51.3 Å². The number of benzene rings is 2. The van der Waals surface area contributed by atoms with Crippen LogP contribution in [-0.2, 0) is 0 Å². The van der Waals surface area contributed by atoms with Gasteiger partial charge < -0.3 is 14.2 Å². The molecule has 0 heterocycles. The van der Waals surface area contributed by atoms with Crippen molar-refractivity contribution in [1.29, 1.82) is 0 Å². The van der Waals surface area contributed by atoms with Gasteiger partial charge in [-0.2, -0.15) is 0 Å². The van der Waals surface area contributed by atoms with Crippen molar-refractivity contribution in [2.45, 2.75) is 0 Å². The first-order valence-electron chi connectivity index (χ1n) is 6.41. The summed E-state index contributed by atoms with van der Waals surface area (Å²) in [5.74, 6) is 2.24. The third-order valence-corrected chi connectivity index (χ3v) is 3.63. The molecule has 3 nitrogen and oxygen atoms in total. The van der Waals surface area contributed by atoms with Crippen molar-refractivity contribution in [1.82, 2.24) is 0 Å². The normalized spacial score (nSPS) is 10.2. The van der Waals surface area contributed by atoms with E-state index in [4.69, 9.17) is 14.2 Å². The molecule has 0 unspecified atom stereocenters. The fourth-order valence-corrected chi connectivity index (χ4v) is 2.56. The van der Waals surface area contributed by atoms with Crippen molar-refractivity contribution in [2.24, 2.45) is 0 Å². The molecule has 111 valence electrons. The molecule has 1 radical (unpaired) electrons. The van der Waals surface area contributed by atoms with Crippen molar-refractivity contribution in [3.63, 3.8) is 0 Å². The molecule has 0 aliphatic carbocycles. The SMILES string of the molecule is COc1ccc(/C=C\c2cc(Br)c(OC)c(OC)c2)cc1.[K]. The van der Waals surface area contributed by atoms with Crippen LogP contribution < -0.4 is 14.2 Å². The Kier molecular flexibility index (Phi) is 8.75. The van der Waals surface area contributed by atoms with Gasteiger partial charge in [0.2, 0.25) is 0 Å². The molecule has 0 amide bonds. The van der Waals surface area contributed by atoms with Crippen LogP contribution in [0.15, 0.2) is 40.9 Å². The summed E-state index contributed by atoms with van der Waals surface area (Å²) in [5.41, 5.74) is 2.12. The van der Waals surface area contributed by atoms with Crippen molar-refractivity contribution >= 4 is 79.5 Å². The van der Waals surface area contributed by atoms with E-state index in [0.29, 0.717) is 11.5 Å². The molecular weight excluding hydrogens is 371 g/mol. The molecule has 0 saturated heterocycles. The van der Waals surface area contributed by atoms with Gasteiger partial charge in [0.05, 0.1) is 25.8 Å². The first-order valence-corrected chi connectivity index (χ1v) is 7.21. The van der Waals surface area contributed by atoms with Crippen LogP contribution in [0.5, 0.6) is 17.2 Å².